The van der Waals surface area contributed by atoms with E-state index in [1.54, 1.807) is 31.3 Å². The number of piperidine rings is 1. The first kappa shape index (κ1) is 23.5. The van der Waals surface area contributed by atoms with E-state index in [1.807, 2.05) is 30.3 Å². The van der Waals surface area contributed by atoms with Gasteiger partial charge in [-0.15, -0.1) is 0 Å². The topological polar surface area (TPSA) is 88.2 Å². The first-order valence-corrected chi connectivity index (χ1v) is 12.7. The number of hydrogen-bond donors (Lipinski definition) is 1. The number of rotatable bonds is 7. The van der Waals surface area contributed by atoms with Gasteiger partial charge in [0, 0.05) is 45.2 Å². The maximum absolute atomic E-state index is 13.1. The molecule has 178 valence electrons. The van der Waals surface area contributed by atoms with Gasteiger partial charge in [-0.2, -0.15) is 4.31 Å². The summed E-state index contributed by atoms with van der Waals surface area (Å²) in [5.74, 6) is 1.28. The molecule has 2 aromatic rings. The van der Waals surface area contributed by atoms with E-state index in [9.17, 15) is 13.2 Å². The molecule has 0 aliphatic carbocycles. The first-order chi connectivity index (χ1) is 15.9. The molecule has 1 N–H and O–H groups in total. The summed E-state index contributed by atoms with van der Waals surface area (Å²) in [5, 5.41) is 2.77. The monoisotopic (exact) mass is 473 g/mol. The van der Waals surface area contributed by atoms with Crippen LogP contribution in [0.15, 0.2) is 59.5 Å². The van der Waals surface area contributed by atoms with Gasteiger partial charge in [0.2, 0.25) is 15.9 Å². The SMILES string of the molecule is CNC(=O)[C@@H]1C[C@H](Oc2ccccc2)CN1C1CCN(S(=O)(=O)c2cccc(OC)c2)CC1. The van der Waals surface area contributed by atoms with Gasteiger partial charge in [-0.05, 0) is 37.1 Å². The second-order valence-corrected chi connectivity index (χ2v) is 10.4. The number of methoxy groups -OCH3 is 1. The predicted molar refractivity (Wildman–Crippen MR) is 125 cm³/mol. The molecule has 2 atom stereocenters. The molecule has 0 saturated carbocycles. The largest absolute Gasteiger partial charge is 0.497 e. The molecule has 2 fully saturated rings. The van der Waals surface area contributed by atoms with Crippen molar-refractivity contribution in [3.8, 4) is 11.5 Å². The van der Waals surface area contributed by atoms with Crippen molar-refractivity contribution in [3.05, 3.63) is 54.6 Å². The quantitative estimate of drug-likeness (QED) is 0.663. The van der Waals surface area contributed by atoms with Gasteiger partial charge >= 0.3 is 0 Å². The number of nitrogens with zero attached hydrogens (tertiary/aromatic N) is 2. The number of sulfonamides is 1. The lowest BCUT2D eigenvalue weighted by molar-refractivity contribution is -0.126. The van der Waals surface area contributed by atoms with Crippen LogP contribution in [0.1, 0.15) is 19.3 Å². The fourth-order valence-corrected chi connectivity index (χ4v) is 6.26. The van der Waals surface area contributed by atoms with Crippen LogP contribution in [0, 0.1) is 0 Å². The minimum atomic E-state index is -3.60. The lowest BCUT2D eigenvalue weighted by atomic mass is 10.0. The van der Waals surface area contributed by atoms with Gasteiger partial charge < -0.3 is 14.8 Å². The molecular formula is C24H31N3O5S. The molecule has 8 nitrogen and oxygen atoms in total. The Kier molecular flexibility index (Phi) is 7.21. The van der Waals surface area contributed by atoms with Crippen LogP contribution in [-0.2, 0) is 14.8 Å². The number of carbonyl (C=O) groups excluding carboxylic acids is 1. The molecule has 0 bridgehead atoms. The summed E-state index contributed by atoms with van der Waals surface area (Å²) in [6.07, 6.45) is 1.84. The van der Waals surface area contributed by atoms with Crippen molar-refractivity contribution in [2.24, 2.45) is 0 Å². The molecule has 2 aliphatic heterocycles. The van der Waals surface area contributed by atoms with Crippen LogP contribution in [0.5, 0.6) is 11.5 Å². The summed E-state index contributed by atoms with van der Waals surface area (Å²) in [7, 11) is -0.430. The number of para-hydroxylation sites is 1. The van der Waals surface area contributed by atoms with E-state index in [4.69, 9.17) is 9.47 Å². The lowest BCUT2D eigenvalue weighted by Gasteiger charge is -2.38. The smallest absolute Gasteiger partial charge is 0.243 e. The van der Waals surface area contributed by atoms with E-state index in [1.165, 1.54) is 11.4 Å². The van der Waals surface area contributed by atoms with E-state index in [2.05, 4.69) is 10.2 Å². The lowest BCUT2D eigenvalue weighted by Crippen LogP contribution is -2.51. The summed E-state index contributed by atoms with van der Waals surface area (Å²) in [6.45, 7) is 1.46. The maximum Gasteiger partial charge on any atom is 0.243 e. The third kappa shape index (κ3) is 5.15. The summed E-state index contributed by atoms with van der Waals surface area (Å²) in [5.41, 5.74) is 0. The number of likely N-dealkylation sites (N-methyl/N-ethyl adjacent to an activating group) is 1. The van der Waals surface area contributed by atoms with Crippen LogP contribution in [0.2, 0.25) is 0 Å². The molecule has 1 amide bonds. The third-order valence-electron chi connectivity index (χ3n) is 6.47. The van der Waals surface area contributed by atoms with Crippen LogP contribution >= 0.6 is 0 Å². The molecule has 0 unspecified atom stereocenters. The number of hydrogen-bond acceptors (Lipinski definition) is 6. The van der Waals surface area contributed by atoms with Gasteiger partial charge in [0.05, 0.1) is 18.0 Å². The average Bonchev–Trinajstić information content (AvgIpc) is 3.28. The summed E-state index contributed by atoms with van der Waals surface area (Å²) in [6, 6.07) is 16.0. The molecule has 0 aromatic heterocycles. The summed E-state index contributed by atoms with van der Waals surface area (Å²) in [4.78, 5) is 15.0. The highest BCUT2D eigenvalue weighted by Gasteiger charge is 2.43. The molecule has 4 rings (SSSR count). The Morgan fingerprint density at radius 1 is 1.03 bits per heavy atom. The Balaban J connectivity index is 1.43. The van der Waals surface area contributed by atoms with Crippen LogP contribution in [0.25, 0.3) is 0 Å². The molecule has 0 spiro atoms. The fourth-order valence-electron chi connectivity index (χ4n) is 4.75. The van der Waals surface area contributed by atoms with Crippen molar-refractivity contribution < 1.29 is 22.7 Å². The van der Waals surface area contributed by atoms with Gasteiger partial charge in [0.25, 0.3) is 0 Å². The minimum absolute atomic E-state index is 0.0272. The Bertz CT molecular complexity index is 1050. The number of amides is 1. The normalized spacial score (nSPS) is 22.7. The maximum atomic E-state index is 13.1. The minimum Gasteiger partial charge on any atom is -0.497 e. The van der Waals surface area contributed by atoms with Crippen molar-refractivity contribution >= 4 is 15.9 Å². The van der Waals surface area contributed by atoms with Gasteiger partial charge in [-0.3, -0.25) is 9.69 Å². The average molecular weight is 474 g/mol. The van der Waals surface area contributed by atoms with Crippen molar-refractivity contribution in [1.82, 2.24) is 14.5 Å². The third-order valence-corrected chi connectivity index (χ3v) is 8.36. The Morgan fingerprint density at radius 2 is 1.73 bits per heavy atom. The molecule has 2 aromatic carbocycles. The van der Waals surface area contributed by atoms with Gasteiger partial charge in [-0.25, -0.2) is 8.42 Å². The Labute approximate surface area is 195 Å². The molecular weight excluding hydrogens is 442 g/mol. The molecule has 9 heteroatoms. The first-order valence-electron chi connectivity index (χ1n) is 11.3. The van der Waals surface area contributed by atoms with Crippen LogP contribution < -0.4 is 14.8 Å². The summed E-state index contributed by atoms with van der Waals surface area (Å²) >= 11 is 0. The number of nitrogens with one attached hydrogen (secondary N) is 1. The van der Waals surface area contributed by atoms with E-state index in [0.717, 1.165) is 5.75 Å². The van der Waals surface area contributed by atoms with E-state index >= 15 is 0 Å². The highest BCUT2D eigenvalue weighted by atomic mass is 32.2. The Morgan fingerprint density at radius 3 is 2.39 bits per heavy atom. The van der Waals surface area contributed by atoms with E-state index in [-0.39, 0.29) is 29.0 Å². The van der Waals surface area contributed by atoms with Crippen molar-refractivity contribution in [2.75, 3.05) is 33.8 Å². The van der Waals surface area contributed by atoms with Crippen molar-refractivity contribution in [2.45, 2.75) is 42.3 Å². The van der Waals surface area contributed by atoms with E-state index < -0.39 is 10.0 Å². The zero-order valence-corrected chi connectivity index (χ0v) is 19.8. The molecule has 33 heavy (non-hydrogen) atoms. The van der Waals surface area contributed by atoms with Crippen LogP contribution in [0.4, 0.5) is 0 Å². The molecule has 0 radical (unpaired) electrons. The number of carbonyl (C=O) groups is 1. The van der Waals surface area contributed by atoms with Crippen LogP contribution in [-0.4, -0.2) is 75.5 Å². The number of likely N-dealkylation sites (tertiary alicyclic amines) is 1. The van der Waals surface area contributed by atoms with Gasteiger partial charge in [0.15, 0.2) is 0 Å². The highest BCUT2D eigenvalue weighted by Crippen LogP contribution is 2.31. The molecule has 2 aliphatic rings. The molecule has 2 saturated heterocycles. The second-order valence-electron chi connectivity index (χ2n) is 8.43. The standard InChI is InChI=1S/C24H31N3O5S/c1-25-24(28)23-16-21(32-19-7-4-3-5-8-19)17-27(23)18-11-13-26(14-12-18)33(29,30)22-10-6-9-20(15-22)31-2/h3-10,15,18,21,23H,11-14,16-17H2,1-2H3,(H,25,28)/t21-,23-/m0/s1. The summed E-state index contributed by atoms with van der Waals surface area (Å²) < 4.78 is 39.1. The van der Waals surface area contributed by atoms with Gasteiger partial charge in [-0.1, -0.05) is 24.3 Å². The number of benzene rings is 2. The van der Waals surface area contributed by atoms with Crippen molar-refractivity contribution in [3.63, 3.8) is 0 Å². The van der Waals surface area contributed by atoms with E-state index in [0.29, 0.717) is 44.6 Å². The number of ether oxygens (including phenoxy) is 2. The van der Waals surface area contributed by atoms with Crippen molar-refractivity contribution in [1.29, 1.82) is 0 Å². The highest BCUT2D eigenvalue weighted by molar-refractivity contribution is 7.89. The van der Waals surface area contributed by atoms with Gasteiger partial charge in [0.1, 0.15) is 17.6 Å². The Hall–Kier alpha value is -2.62. The molecule has 2 heterocycles. The predicted octanol–water partition coefficient (Wildman–Crippen LogP) is 2.12. The fraction of sp³-hybridized carbons (Fsp3) is 0.458. The zero-order valence-electron chi connectivity index (χ0n) is 19.0. The zero-order chi connectivity index (χ0) is 23.4. The second kappa shape index (κ2) is 10.1. The van der Waals surface area contributed by atoms with Crippen LogP contribution in [0.3, 0.4) is 0 Å².